The van der Waals surface area contributed by atoms with Gasteiger partial charge in [-0.05, 0) is 55.2 Å². The van der Waals surface area contributed by atoms with Crippen molar-refractivity contribution in [3.8, 4) is 0 Å². The summed E-state index contributed by atoms with van der Waals surface area (Å²) >= 11 is 0. The van der Waals surface area contributed by atoms with Gasteiger partial charge in [0.05, 0.1) is 24.0 Å². The molecule has 1 aliphatic heterocycles. The molecule has 4 aromatic rings. The fraction of sp³-hybridized carbons (Fsp3) is 0.250. The average molecular weight is 454 g/mol. The standard InChI is InChI=1S/C28H27N3O3/c1-20-8-10-21(11-9-20)18-30-25-7-3-2-6-24(25)27(33)31(28(30)34)19-22-12-14-23(15-13-22)26(32)29-16-4-5-17-29/h2-3,6-15H,4-5,16-19H2,1H3. The van der Waals surface area contributed by atoms with E-state index >= 15 is 0 Å². The van der Waals surface area contributed by atoms with E-state index in [1.165, 1.54) is 4.57 Å². The number of nitrogens with zero attached hydrogens (tertiary/aromatic N) is 3. The third-order valence-corrected chi connectivity index (χ3v) is 6.53. The molecule has 5 rings (SSSR count). The molecule has 0 atom stereocenters. The largest absolute Gasteiger partial charge is 0.339 e. The number of carbonyl (C=O) groups is 1. The Bertz CT molecular complexity index is 1460. The van der Waals surface area contributed by atoms with Crippen LogP contribution in [0.2, 0.25) is 0 Å². The summed E-state index contributed by atoms with van der Waals surface area (Å²) in [5, 5.41) is 0.509. The second kappa shape index (κ2) is 9.14. The van der Waals surface area contributed by atoms with Gasteiger partial charge in [-0.15, -0.1) is 0 Å². The summed E-state index contributed by atoms with van der Waals surface area (Å²) in [5.74, 6) is 0.0346. The molecule has 1 amide bonds. The molecular formula is C28H27N3O3. The topological polar surface area (TPSA) is 64.3 Å². The van der Waals surface area contributed by atoms with Gasteiger partial charge in [0.2, 0.25) is 0 Å². The monoisotopic (exact) mass is 453 g/mol. The molecule has 6 heteroatoms. The number of rotatable bonds is 5. The zero-order valence-electron chi connectivity index (χ0n) is 19.2. The Balaban J connectivity index is 1.51. The number of carbonyl (C=O) groups excluding carboxylic acids is 1. The van der Waals surface area contributed by atoms with Crippen molar-refractivity contribution in [2.45, 2.75) is 32.9 Å². The molecule has 0 unspecified atom stereocenters. The first-order chi connectivity index (χ1) is 16.5. The molecule has 3 aromatic carbocycles. The van der Waals surface area contributed by atoms with Crippen LogP contribution in [0, 0.1) is 6.92 Å². The molecule has 34 heavy (non-hydrogen) atoms. The minimum atomic E-state index is -0.346. The second-order valence-electron chi connectivity index (χ2n) is 8.96. The molecule has 1 fully saturated rings. The molecule has 6 nitrogen and oxygen atoms in total. The maximum Gasteiger partial charge on any atom is 0.332 e. The van der Waals surface area contributed by atoms with Gasteiger partial charge in [-0.3, -0.25) is 18.7 Å². The predicted octanol–water partition coefficient (Wildman–Crippen LogP) is 3.80. The number of para-hydroxylation sites is 1. The lowest BCUT2D eigenvalue weighted by atomic mass is 10.1. The van der Waals surface area contributed by atoms with E-state index in [1.54, 1.807) is 22.8 Å². The highest BCUT2D eigenvalue weighted by molar-refractivity contribution is 5.94. The van der Waals surface area contributed by atoms with Crippen LogP contribution < -0.4 is 11.2 Å². The normalized spacial score (nSPS) is 13.5. The third-order valence-electron chi connectivity index (χ3n) is 6.53. The summed E-state index contributed by atoms with van der Waals surface area (Å²) in [6.45, 7) is 4.15. The quantitative estimate of drug-likeness (QED) is 0.462. The molecule has 0 aliphatic carbocycles. The number of aryl methyl sites for hydroxylation is 1. The molecule has 172 valence electrons. The van der Waals surface area contributed by atoms with Crippen LogP contribution in [0.3, 0.4) is 0 Å². The summed E-state index contributed by atoms with van der Waals surface area (Å²) in [6.07, 6.45) is 2.09. The molecule has 1 aliphatic rings. The SMILES string of the molecule is Cc1ccc(Cn2c(=O)n(Cc3ccc(C(=O)N4CCCC4)cc3)c(=O)c3ccccc32)cc1. The van der Waals surface area contributed by atoms with Crippen molar-refractivity contribution in [2.75, 3.05) is 13.1 Å². The number of amides is 1. The van der Waals surface area contributed by atoms with Crippen molar-refractivity contribution < 1.29 is 4.79 Å². The van der Waals surface area contributed by atoms with Crippen molar-refractivity contribution in [1.29, 1.82) is 0 Å². The lowest BCUT2D eigenvalue weighted by Crippen LogP contribution is -2.40. The van der Waals surface area contributed by atoms with Gasteiger partial charge in [0, 0.05) is 18.7 Å². The maximum atomic E-state index is 13.5. The van der Waals surface area contributed by atoms with Crippen molar-refractivity contribution in [3.05, 3.63) is 116 Å². The summed E-state index contributed by atoms with van der Waals surface area (Å²) in [7, 11) is 0. The van der Waals surface area contributed by atoms with Gasteiger partial charge in [-0.2, -0.15) is 0 Å². The average Bonchev–Trinajstić information content (AvgIpc) is 3.41. The van der Waals surface area contributed by atoms with Gasteiger partial charge in [-0.1, -0.05) is 54.1 Å². The Morgan fingerprint density at radius 2 is 1.35 bits per heavy atom. The molecule has 0 saturated carbocycles. The van der Waals surface area contributed by atoms with Crippen molar-refractivity contribution in [3.63, 3.8) is 0 Å². The van der Waals surface area contributed by atoms with Crippen LogP contribution in [0.5, 0.6) is 0 Å². The van der Waals surface area contributed by atoms with E-state index in [9.17, 15) is 14.4 Å². The van der Waals surface area contributed by atoms with Gasteiger partial charge < -0.3 is 4.90 Å². The minimum absolute atomic E-state index is 0.0346. The van der Waals surface area contributed by atoms with Crippen LogP contribution in [0.15, 0.2) is 82.4 Å². The van der Waals surface area contributed by atoms with Crippen LogP contribution >= 0.6 is 0 Å². The van der Waals surface area contributed by atoms with E-state index in [0.717, 1.165) is 42.6 Å². The lowest BCUT2D eigenvalue weighted by Gasteiger charge is -2.16. The van der Waals surface area contributed by atoms with Gasteiger partial charge in [0.15, 0.2) is 0 Å². The zero-order chi connectivity index (χ0) is 23.7. The number of benzene rings is 3. The van der Waals surface area contributed by atoms with E-state index in [0.29, 0.717) is 23.0 Å². The highest BCUT2D eigenvalue weighted by Crippen LogP contribution is 2.15. The fourth-order valence-electron chi connectivity index (χ4n) is 4.58. The summed E-state index contributed by atoms with van der Waals surface area (Å²) < 4.78 is 2.94. The molecule has 0 spiro atoms. The molecular weight excluding hydrogens is 426 g/mol. The van der Waals surface area contributed by atoms with Gasteiger partial charge in [0.1, 0.15) is 0 Å². The minimum Gasteiger partial charge on any atom is -0.339 e. The number of aromatic nitrogens is 2. The van der Waals surface area contributed by atoms with Crippen LogP contribution in [0.25, 0.3) is 10.9 Å². The van der Waals surface area contributed by atoms with Gasteiger partial charge >= 0.3 is 5.69 Å². The van der Waals surface area contributed by atoms with Gasteiger partial charge in [-0.25, -0.2) is 4.79 Å². The molecule has 2 heterocycles. The first-order valence-corrected chi connectivity index (χ1v) is 11.7. The lowest BCUT2D eigenvalue weighted by molar-refractivity contribution is 0.0793. The zero-order valence-corrected chi connectivity index (χ0v) is 19.2. The summed E-state index contributed by atoms with van der Waals surface area (Å²) in [5.41, 5.74) is 3.55. The number of likely N-dealkylation sites (tertiary alicyclic amines) is 1. The summed E-state index contributed by atoms with van der Waals surface area (Å²) in [4.78, 5) is 41.2. The number of fused-ring (bicyclic) bond motifs is 1. The Hall–Kier alpha value is -3.93. The molecule has 1 aromatic heterocycles. The molecule has 0 radical (unpaired) electrons. The highest BCUT2D eigenvalue weighted by atomic mass is 16.2. The Kier molecular flexibility index (Phi) is 5.88. The molecule has 0 N–H and O–H groups in total. The second-order valence-corrected chi connectivity index (χ2v) is 8.96. The predicted molar refractivity (Wildman–Crippen MR) is 133 cm³/mol. The Labute approximate surface area is 197 Å². The van der Waals surface area contributed by atoms with E-state index in [-0.39, 0.29) is 23.7 Å². The van der Waals surface area contributed by atoms with E-state index in [4.69, 9.17) is 0 Å². The van der Waals surface area contributed by atoms with E-state index in [2.05, 4.69) is 0 Å². The smallest absolute Gasteiger partial charge is 0.332 e. The Morgan fingerprint density at radius 1 is 0.765 bits per heavy atom. The number of hydrogen-bond acceptors (Lipinski definition) is 3. The third kappa shape index (κ3) is 4.19. The van der Waals surface area contributed by atoms with Gasteiger partial charge in [0.25, 0.3) is 11.5 Å². The van der Waals surface area contributed by atoms with Crippen LogP contribution in [0.4, 0.5) is 0 Å². The van der Waals surface area contributed by atoms with Crippen molar-refractivity contribution >= 4 is 16.8 Å². The van der Waals surface area contributed by atoms with E-state index in [1.807, 2.05) is 66.4 Å². The van der Waals surface area contributed by atoms with Crippen LogP contribution in [-0.2, 0) is 13.1 Å². The fourth-order valence-corrected chi connectivity index (χ4v) is 4.58. The number of hydrogen-bond donors (Lipinski definition) is 0. The molecule has 0 bridgehead atoms. The van der Waals surface area contributed by atoms with E-state index < -0.39 is 0 Å². The summed E-state index contributed by atoms with van der Waals surface area (Å²) in [6, 6.07) is 22.5. The first kappa shape index (κ1) is 21.9. The first-order valence-electron chi connectivity index (χ1n) is 11.7. The maximum absolute atomic E-state index is 13.5. The molecule has 1 saturated heterocycles. The Morgan fingerprint density at radius 3 is 2.03 bits per heavy atom. The van der Waals surface area contributed by atoms with Crippen LogP contribution in [-0.4, -0.2) is 33.0 Å². The highest BCUT2D eigenvalue weighted by Gasteiger charge is 2.19. The van der Waals surface area contributed by atoms with Crippen LogP contribution in [0.1, 0.15) is 39.9 Å². The van der Waals surface area contributed by atoms with Crippen molar-refractivity contribution in [2.24, 2.45) is 0 Å². The van der Waals surface area contributed by atoms with Crippen molar-refractivity contribution in [1.82, 2.24) is 14.0 Å².